The zero-order valence-electron chi connectivity index (χ0n) is 11.8. The maximum atomic E-state index is 8.83. The lowest BCUT2D eigenvalue weighted by Crippen LogP contribution is -2.27. The average molecular weight is 283 g/mol. The van der Waals surface area contributed by atoms with Crippen LogP contribution in [0.15, 0.2) is 35.5 Å². The zero-order chi connectivity index (χ0) is 14.8. The van der Waals surface area contributed by atoms with E-state index in [1.165, 1.54) is 5.56 Å². The molecule has 0 spiro atoms. The highest BCUT2D eigenvalue weighted by Crippen LogP contribution is 2.31. The van der Waals surface area contributed by atoms with Gasteiger partial charge >= 0.3 is 0 Å². The van der Waals surface area contributed by atoms with E-state index >= 15 is 0 Å². The smallest absolute Gasteiger partial charge is 0.230 e. The molecule has 2 aromatic rings. The van der Waals surface area contributed by atoms with Gasteiger partial charge in [-0.2, -0.15) is 0 Å². The summed E-state index contributed by atoms with van der Waals surface area (Å²) in [4.78, 5) is 11.0. The van der Waals surface area contributed by atoms with E-state index in [1.807, 2.05) is 19.1 Å². The van der Waals surface area contributed by atoms with Crippen LogP contribution in [-0.2, 0) is 6.42 Å². The van der Waals surface area contributed by atoms with Gasteiger partial charge in [-0.15, -0.1) is 0 Å². The van der Waals surface area contributed by atoms with Gasteiger partial charge in [-0.1, -0.05) is 23.4 Å². The molecule has 3 N–H and O–H groups in total. The van der Waals surface area contributed by atoms with Crippen LogP contribution in [-0.4, -0.2) is 27.6 Å². The van der Waals surface area contributed by atoms with E-state index in [4.69, 9.17) is 10.9 Å². The Morgan fingerprint density at radius 3 is 2.95 bits per heavy atom. The van der Waals surface area contributed by atoms with Crippen LogP contribution in [0.3, 0.4) is 0 Å². The largest absolute Gasteiger partial charge is 0.409 e. The minimum absolute atomic E-state index is 0.00737. The van der Waals surface area contributed by atoms with Crippen molar-refractivity contribution in [3.05, 3.63) is 47.3 Å². The van der Waals surface area contributed by atoms with Crippen molar-refractivity contribution >= 4 is 17.5 Å². The first-order chi connectivity index (χ1) is 10.2. The zero-order valence-corrected chi connectivity index (χ0v) is 11.8. The van der Waals surface area contributed by atoms with Gasteiger partial charge in [-0.3, -0.25) is 0 Å². The Labute approximate surface area is 122 Å². The van der Waals surface area contributed by atoms with E-state index in [0.29, 0.717) is 11.6 Å². The van der Waals surface area contributed by atoms with Gasteiger partial charge in [0.15, 0.2) is 5.84 Å². The van der Waals surface area contributed by atoms with E-state index in [-0.39, 0.29) is 5.84 Å². The van der Waals surface area contributed by atoms with Crippen LogP contribution in [0.25, 0.3) is 0 Å². The van der Waals surface area contributed by atoms with Crippen molar-refractivity contribution in [2.24, 2.45) is 10.9 Å². The molecule has 6 nitrogen and oxygen atoms in total. The second kappa shape index (κ2) is 5.40. The summed E-state index contributed by atoms with van der Waals surface area (Å²) >= 11 is 0. The number of fused-ring (bicyclic) bond motifs is 1. The lowest BCUT2D eigenvalue weighted by molar-refractivity contribution is 0.318. The topological polar surface area (TPSA) is 87.6 Å². The number of benzene rings is 1. The van der Waals surface area contributed by atoms with Gasteiger partial charge in [0.05, 0.1) is 0 Å². The third kappa shape index (κ3) is 2.52. The van der Waals surface area contributed by atoms with Gasteiger partial charge in [0.1, 0.15) is 5.69 Å². The Morgan fingerprint density at radius 1 is 1.33 bits per heavy atom. The number of nitrogens with two attached hydrogens (primary N) is 1. The van der Waals surface area contributed by atoms with Crippen molar-refractivity contribution in [3.63, 3.8) is 0 Å². The third-order valence-corrected chi connectivity index (χ3v) is 3.56. The Bertz CT molecular complexity index is 698. The van der Waals surface area contributed by atoms with Gasteiger partial charge in [0.2, 0.25) is 5.95 Å². The monoisotopic (exact) mass is 283 g/mol. The van der Waals surface area contributed by atoms with Crippen molar-refractivity contribution in [1.29, 1.82) is 0 Å². The number of aryl methyl sites for hydroxylation is 2. The Kier molecular flexibility index (Phi) is 3.43. The molecule has 2 heterocycles. The van der Waals surface area contributed by atoms with Crippen LogP contribution in [0, 0.1) is 6.92 Å². The number of para-hydroxylation sites is 1. The molecule has 21 heavy (non-hydrogen) atoms. The summed E-state index contributed by atoms with van der Waals surface area (Å²) in [5.74, 6) is 0.579. The van der Waals surface area contributed by atoms with E-state index in [2.05, 4.69) is 32.2 Å². The highest BCUT2D eigenvalue weighted by Gasteiger charge is 2.20. The van der Waals surface area contributed by atoms with E-state index in [0.717, 1.165) is 30.8 Å². The molecule has 0 unspecified atom stereocenters. The molecule has 1 aliphatic rings. The summed E-state index contributed by atoms with van der Waals surface area (Å²) in [5, 5.41) is 11.8. The van der Waals surface area contributed by atoms with Crippen LogP contribution in [0.4, 0.5) is 11.6 Å². The first kappa shape index (κ1) is 13.4. The normalized spacial score (nSPS) is 14.9. The lowest BCUT2D eigenvalue weighted by atomic mass is 10.0. The molecule has 0 bridgehead atoms. The summed E-state index contributed by atoms with van der Waals surface area (Å²) in [7, 11) is 0. The second-order valence-electron chi connectivity index (χ2n) is 5.06. The fourth-order valence-electron chi connectivity index (χ4n) is 2.60. The van der Waals surface area contributed by atoms with Crippen LogP contribution in [0.5, 0.6) is 0 Å². The fourth-order valence-corrected chi connectivity index (χ4v) is 2.60. The summed E-state index contributed by atoms with van der Waals surface area (Å²) in [6.45, 7) is 2.73. The molecule has 1 aromatic carbocycles. The predicted molar refractivity (Wildman–Crippen MR) is 81.0 cm³/mol. The molecule has 1 aromatic heterocycles. The number of amidine groups is 1. The van der Waals surface area contributed by atoms with Gasteiger partial charge in [0, 0.05) is 17.9 Å². The molecular weight excluding hydrogens is 266 g/mol. The van der Waals surface area contributed by atoms with Crippen molar-refractivity contribution < 1.29 is 5.21 Å². The molecule has 1 aliphatic heterocycles. The lowest BCUT2D eigenvalue weighted by Gasteiger charge is -2.29. The highest BCUT2D eigenvalue weighted by molar-refractivity contribution is 5.95. The molecule has 3 rings (SSSR count). The Hall–Kier alpha value is -2.63. The number of hydrogen-bond donors (Lipinski definition) is 2. The average Bonchev–Trinajstić information content (AvgIpc) is 2.53. The molecule has 0 fully saturated rings. The Morgan fingerprint density at radius 2 is 2.14 bits per heavy atom. The minimum atomic E-state index is -0.00737. The van der Waals surface area contributed by atoms with Crippen LogP contribution in [0.2, 0.25) is 0 Å². The summed E-state index contributed by atoms with van der Waals surface area (Å²) in [6, 6.07) is 9.96. The maximum Gasteiger partial charge on any atom is 0.230 e. The molecule has 108 valence electrons. The van der Waals surface area contributed by atoms with Gasteiger partial charge in [-0.25, -0.2) is 9.97 Å². The van der Waals surface area contributed by atoms with Gasteiger partial charge < -0.3 is 15.8 Å². The van der Waals surface area contributed by atoms with Crippen LogP contribution < -0.4 is 10.6 Å². The predicted octanol–water partition coefficient (Wildman–Crippen LogP) is 1.96. The molecule has 0 radical (unpaired) electrons. The Balaban J connectivity index is 2.08. The first-order valence-electron chi connectivity index (χ1n) is 6.88. The molecule has 0 atom stereocenters. The first-order valence-corrected chi connectivity index (χ1v) is 6.88. The van der Waals surface area contributed by atoms with E-state index < -0.39 is 0 Å². The number of aromatic nitrogens is 2. The summed E-state index contributed by atoms with van der Waals surface area (Å²) < 4.78 is 0. The number of anilines is 2. The minimum Gasteiger partial charge on any atom is -0.409 e. The van der Waals surface area contributed by atoms with Crippen molar-refractivity contribution in [3.8, 4) is 0 Å². The van der Waals surface area contributed by atoms with Crippen molar-refractivity contribution in [2.75, 3.05) is 11.4 Å². The number of oxime groups is 1. The standard InChI is InChI=1S/C15H17N5O/c1-10-9-12(14(16)19-21)18-15(17-10)20-8-4-6-11-5-2-3-7-13(11)20/h2-3,5,7,9,21H,4,6,8H2,1H3,(H2,16,19). The molecule has 6 heteroatoms. The van der Waals surface area contributed by atoms with Gasteiger partial charge in [0.25, 0.3) is 0 Å². The molecule has 0 amide bonds. The molecule has 0 saturated heterocycles. The maximum absolute atomic E-state index is 8.83. The van der Waals surface area contributed by atoms with E-state index in [9.17, 15) is 0 Å². The number of nitrogens with zero attached hydrogens (tertiary/aromatic N) is 4. The van der Waals surface area contributed by atoms with Crippen molar-refractivity contribution in [2.45, 2.75) is 19.8 Å². The SMILES string of the molecule is Cc1cc(/C(N)=N/O)nc(N2CCCc3ccccc32)n1. The molecule has 0 aliphatic carbocycles. The summed E-state index contributed by atoms with van der Waals surface area (Å²) in [5.41, 5.74) is 9.28. The van der Waals surface area contributed by atoms with Crippen molar-refractivity contribution in [1.82, 2.24) is 9.97 Å². The van der Waals surface area contributed by atoms with Crippen LogP contribution >= 0.6 is 0 Å². The third-order valence-electron chi connectivity index (χ3n) is 3.56. The number of hydrogen-bond acceptors (Lipinski definition) is 5. The van der Waals surface area contributed by atoms with E-state index in [1.54, 1.807) is 6.07 Å². The second-order valence-corrected chi connectivity index (χ2v) is 5.06. The highest BCUT2D eigenvalue weighted by atomic mass is 16.4. The van der Waals surface area contributed by atoms with Crippen LogP contribution in [0.1, 0.15) is 23.4 Å². The fraction of sp³-hybridized carbons (Fsp3) is 0.267. The number of rotatable bonds is 2. The quantitative estimate of drug-likeness (QED) is 0.381. The van der Waals surface area contributed by atoms with Gasteiger partial charge in [-0.05, 0) is 37.5 Å². The molecule has 0 saturated carbocycles. The summed E-state index contributed by atoms with van der Waals surface area (Å²) in [6.07, 6.45) is 2.11. The molecular formula is C15H17N5O.